The van der Waals surface area contributed by atoms with Crippen LogP contribution in [0.2, 0.25) is 0 Å². The van der Waals surface area contributed by atoms with Gasteiger partial charge in [0.15, 0.2) is 0 Å². The Morgan fingerprint density at radius 1 is 1.42 bits per heavy atom. The first kappa shape index (κ1) is 14.0. The average molecular weight is 336 g/mol. The first-order valence-corrected chi connectivity index (χ1v) is 7.52. The molecule has 1 atom stereocenters. The van der Waals surface area contributed by atoms with E-state index < -0.39 is 0 Å². The number of benzene rings is 1. The topological polar surface area (TPSA) is 48.7 Å². The molecule has 98 valence electrons. The van der Waals surface area contributed by atoms with Crippen LogP contribution in [0.3, 0.4) is 0 Å². The zero-order chi connectivity index (χ0) is 14.0. The number of nitriles is 1. The quantitative estimate of drug-likeness (QED) is 0.893. The molecule has 2 aromatic rings. The van der Waals surface area contributed by atoms with E-state index >= 15 is 0 Å². The number of hydrogen-bond acceptors (Lipinski definition) is 4. The van der Waals surface area contributed by atoms with Gasteiger partial charge in [-0.15, -0.1) is 11.3 Å². The highest BCUT2D eigenvalue weighted by Crippen LogP contribution is 2.31. The summed E-state index contributed by atoms with van der Waals surface area (Å²) in [6.07, 6.45) is 0. The van der Waals surface area contributed by atoms with Crippen LogP contribution in [0.25, 0.3) is 0 Å². The molecule has 19 heavy (non-hydrogen) atoms. The lowest BCUT2D eigenvalue weighted by Gasteiger charge is -2.15. The maximum Gasteiger partial charge on any atom is 0.0992 e. The fourth-order valence-corrected chi connectivity index (χ4v) is 3.37. The maximum atomic E-state index is 8.85. The molecule has 0 aliphatic rings. The van der Waals surface area contributed by atoms with Crippen LogP contribution in [0.4, 0.5) is 5.69 Å². The van der Waals surface area contributed by atoms with Crippen LogP contribution in [0, 0.1) is 25.2 Å². The summed E-state index contributed by atoms with van der Waals surface area (Å²) >= 11 is 5.20. The second-order valence-corrected chi connectivity index (χ2v) is 6.44. The largest absolute Gasteiger partial charge is 0.377 e. The molecule has 0 amide bonds. The average Bonchev–Trinajstić information content (AvgIpc) is 2.71. The van der Waals surface area contributed by atoms with Gasteiger partial charge in [0.05, 0.1) is 28.4 Å². The van der Waals surface area contributed by atoms with Gasteiger partial charge in [0.1, 0.15) is 0 Å². The molecule has 0 radical (unpaired) electrons. The molecular weight excluding hydrogens is 322 g/mol. The molecular formula is C14H14BrN3S. The molecule has 0 aliphatic heterocycles. The van der Waals surface area contributed by atoms with Gasteiger partial charge in [0, 0.05) is 15.0 Å². The van der Waals surface area contributed by atoms with E-state index in [-0.39, 0.29) is 6.04 Å². The first-order chi connectivity index (χ1) is 9.01. The Morgan fingerprint density at radius 2 is 2.16 bits per heavy atom. The maximum absolute atomic E-state index is 8.85. The molecule has 0 fully saturated rings. The Hall–Kier alpha value is -1.38. The van der Waals surface area contributed by atoms with E-state index in [9.17, 15) is 0 Å². The van der Waals surface area contributed by atoms with Crippen LogP contribution in [-0.4, -0.2) is 4.98 Å². The van der Waals surface area contributed by atoms with Crippen molar-refractivity contribution >= 4 is 33.0 Å². The van der Waals surface area contributed by atoms with Gasteiger partial charge >= 0.3 is 0 Å². The van der Waals surface area contributed by atoms with Crippen molar-refractivity contribution in [3.8, 4) is 6.07 Å². The molecule has 0 saturated carbocycles. The Bertz CT molecular complexity index is 643. The highest BCUT2D eigenvalue weighted by molar-refractivity contribution is 9.10. The third kappa shape index (κ3) is 3.14. The minimum atomic E-state index is 0.190. The van der Waals surface area contributed by atoms with Crippen LogP contribution < -0.4 is 5.32 Å². The predicted molar refractivity (Wildman–Crippen MR) is 82.5 cm³/mol. The van der Waals surface area contributed by atoms with Crippen molar-refractivity contribution in [2.45, 2.75) is 26.8 Å². The molecule has 5 heteroatoms. The molecule has 0 saturated heterocycles. The van der Waals surface area contributed by atoms with E-state index in [0.29, 0.717) is 5.56 Å². The van der Waals surface area contributed by atoms with Crippen LogP contribution in [0.1, 0.15) is 34.1 Å². The summed E-state index contributed by atoms with van der Waals surface area (Å²) in [7, 11) is 0. The molecule has 0 spiro atoms. The summed E-state index contributed by atoms with van der Waals surface area (Å²) in [5.74, 6) is 0. The van der Waals surface area contributed by atoms with Crippen molar-refractivity contribution in [2.24, 2.45) is 0 Å². The second kappa shape index (κ2) is 5.72. The van der Waals surface area contributed by atoms with Crippen LogP contribution >= 0.6 is 27.3 Å². The lowest BCUT2D eigenvalue weighted by atomic mass is 10.2. The highest BCUT2D eigenvalue weighted by atomic mass is 79.9. The Labute approximate surface area is 125 Å². The van der Waals surface area contributed by atoms with Crippen LogP contribution in [0.15, 0.2) is 22.7 Å². The van der Waals surface area contributed by atoms with E-state index in [2.05, 4.69) is 39.2 Å². The van der Waals surface area contributed by atoms with Gasteiger partial charge in [-0.1, -0.05) is 0 Å². The van der Waals surface area contributed by atoms with E-state index in [0.717, 1.165) is 20.9 Å². The molecule has 2 rings (SSSR count). The molecule has 1 N–H and O–H groups in total. The van der Waals surface area contributed by atoms with E-state index in [4.69, 9.17) is 5.26 Å². The standard InChI is InChI=1S/C14H14BrN3S/c1-8-14(19-10(3)17-8)9(2)18-13-5-4-11(7-16)6-12(13)15/h4-6,9,18H,1-3H3. The minimum Gasteiger partial charge on any atom is -0.377 e. The number of aromatic nitrogens is 1. The lowest BCUT2D eigenvalue weighted by Crippen LogP contribution is -2.06. The smallest absolute Gasteiger partial charge is 0.0992 e. The molecule has 1 aromatic carbocycles. The number of rotatable bonds is 3. The van der Waals surface area contributed by atoms with Crippen molar-refractivity contribution in [3.05, 3.63) is 43.8 Å². The molecule has 3 nitrogen and oxygen atoms in total. The summed E-state index contributed by atoms with van der Waals surface area (Å²) in [5.41, 5.74) is 2.71. The summed E-state index contributed by atoms with van der Waals surface area (Å²) in [6.45, 7) is 6.17. The molecule has 0 aliphatic carbocycles. The number of hydrogen-bond donors (Lipinski definition) is 1. The summed E-state index contributed by atoms with van der Waals surface area (Å²) < 4.78 is 0.900. The summed E-state index contributed by atoms with van der Waals surface area (Å²) in [5, 5.41) is 13.4. The molecule has 1 unspecified atom stereocenters. The van der Waals surface area contributed by atoms with Crippen molar-refractivity contribution < 1.29 is 0 Å². The normalized spacial score (nSPS) is 11.9. The summed E-state index contributed by atoms with van der Waals surface area (Å²) in [6, 6.07) is 7.87. The molecule has 0 bridgehead atoms. The fourth-order valence-electron chi connectivity index (χ4n) is 1.95. The Balaban J connectivity index is 2.22. The number of nitrogens with one attached hydrogen (secondary N) is 1. The SMILES string of the molecule is Cc1nc(C)c(C(C)Nc2ccc(C#N)cc2Br)s1. The Kier molecular flexibility index (Phi) is 4.23. The third-order valence-corrected chi connectivity index (χ3v) is 4.71. The van der Waals surface area contributed by atoms with Crippen molar-refractivity contribution in [1.29, 1.82) is 5.26 Å². The zero-order valence-corrected chi connectivity index (χ0v) is 13.4. The number of aryl methyl sites for hydroxylation is 2. The zero-order valence-electron chi connectivity index (χ0n) is 11.0. The molecule has 1 aromatic heterocycles. The fraction of sp³-hybridized carbons (Fsp3) is 0.286. The Morgan fingerprint density at radius 3 is 2.68 bits per heavy atom. The highest BCUT2D eigenvalue weighted by Gasteiger charge is 2.14. The summed E-state index contributed by atoms with van der Waals surface area (Å²) in [4.78, 5) is 5.69. The number of halogens is 1. The minimum absolute atomic E-state index is 0.190. The number of thiazole rings is 1. The molecule has 1 heterocycles. The van der Waals surface area contributed by atoms with Gasteiger partial charge in [-0.3, -0.25) is 0 Å². The van der Waals surface area contributed by atoms with Gasteiger partial charge in [0.2, 0.25) is 0 Å². The van der Waals surface area contributed by atoms with Crippen molar-refractivity contribution in [3.63, 3.8) is 0 Å². The van der Waals surface area contributed by atoms with E-state index in [1.165, 1.54) is 4.88 Å². The van der Waals surface area contributed by atoms with Crippen LogP contribution in [0.5, 0.6) is 0 Å². The van der Waals surface area contributed by atoms with E-state index in [1.54, 1.807) is 11.3 Å². The van der Waals surface area contributed by atoms with Gasteiger partial charge in [-0.2, -0.15) is 5.26 Å². The van der Waals surface area contributed by atoms with Gasteiger partial charge in [-0.25, -0.2) is 4.98 Å². The van der Waals surface area contributed by atoms with Gasteiger partial charge in [-0.05, 0) is 54.9 Å². The van der Waals surface area contributed by atoms with Crippen molar-refractivity contribution in [2.75, 3.05) is 5.32 Å². The monoisotopic (exact) mass is 335 g/mol. The predicted octanol–water partition coefficient (Wildman–Crippen LogP) is 4.57. The van der Waals surface area contributed by atoms with Gasteiger partial charge in [0.25, 0.3) is 0 Å². The first-order valence-electron chi connectivity index (χ1n) is 5.91. The van der Waals surface area contributed by atoms with E-state index in [1.807, 2.05) is 32.0 Å². The van der Waals surface area contributed by atoms with Crippen molar-refractivity contribution in [1.82, 2.24) is 4.98 Å². The number of anilines is 1. The van der Waals surface area contributed by atoms with Crippen LogP contribution in [-0.2, 0) is 0 Å². The van der Waals surface area contributed by atoms with Gasteiger partial charge < -0.3 is 5.32 Å². The second-order valence-electron chi connectivity index (χ2n) is 4.35. The lowest BCUT2D eigenvalue weighted by molar-refractivity contribution is 0.888. The third-order valence-electron chi connectivity index (χ3n) is 2.80. The number of nitrogens with zero attached hydrogens (tertiary/aromatic N) is 2.